The lowest BCUT2D eigenvalue weighted by Crippen LogP contribution is -2.12. The molecule has 1 fully saturated rings. The van der Waals surface area contributed by atoms with Crippen LogP contribution in [0.4, 0.5) is 8.78 Å². The SMILES string of the molecule is CC1CCN(C)C1.CCC=O.CCc1ccc(F)cc1F.Cc1ccc(C#N)c(Cl)c1. The highest BCUT2D eigenvalue weighted by atomic mass is 35.5. The van der Waals surface area contributed by atoms with Gasteiger partial charge < -0.3 is 9.69 Å². The third-order valence-corrected chi connectivity index (χ3v) is 4.75. The molecule has 0 aliphatic carbocycles. The van der Waals surface area contributed by atoms with Gasteiger partial charge in [0.15, 0.2) is 0 Å². The van der Waals surface area contributed by atoms with Crippen LogP contribution in [0.5, 0.6) is 0 Å². The lowest BCUT2D eigenvalue weighted by molar-refractivity contribution is -0.107. The lowest BCUT2D eigenvalue weighted by Gasteiger charge is -2.03. The van der Waals surface area contributed by atoms with Gasteiger partial charge in [0, 0.05) is 19.0 Å². The number of hydrogen-bond donors (Lipinski definition) is 0. The molecule has 0 saturated carbocycles. The topological polar surface area (TPSA) is 44.1 Å². The van der Waals surface area contributed by atoms with Crippen molar-refractivity contribution in [3.8, 4) is 6.07 Å². The van der Waals surface area contributed by atoms with Crippen molar-refractivity contribution >= 4 is 17.9 Å². The molecule has 0 aromatic heterocycles. The van der Waals surface area contributed by atoms with Gasteiger partial charge >= 0.3 is 0 Å². The van der Waals surface area contributed by atoms with E-state index >= 15 is 0 Å². The summed E-state index contributed by atoms with van der Waals surface area (Å²) in [5.41, 5.74) is 2.16. The Morgan fingerprint density at radius 1 is 1.23 bits per heavy atom. The fraction of sp³-hybridized carbons (Fsp3) is 0.440. The second-order valence-electron chi connectivity index (χ2n) is 7.42. The normalized spacial score (nSPS) is 14.6. The third-order valence-electron chi connectivity index (χ3n) is 4.43. The second-order valence-corrected chi connectivity index (χ2v) is 7.82. The standard InChI is InChI=1S/C8H6ClN.C8H8F2.C6H13N.C3H6O/c1-6-2-3-7(5-10)8(9)4-6;1-2-6-3-4-7(9)5-8(6)10;1-6-3-4-7(2)5-6;1-2-3-4/h2-4H,1H3;3-5H,2H2,1H3;6H,3-5H2,1-2H3;3H,2H2,1H3. The van der Waals surface area contributed by atoms with Crippen LogP contribution >= 0.6 is 11.6 Å². The highest BCUT2D eigenvalue weighted by molar-refractivity contribution is 6.31. The van der Waals surface area contributed by atoms with Gasteiger partial charge in [0.25, 0.3) is 0 Å². The molecule has 2 aromatic rings. The summed E-state index contributed by atoms with van der Waals surface area (Å²) >= 11 is 5.71. The molecule has 1 saturated heterocycles. The molecule has 0 spiro atoms. The average Bonchev–Trinajstić information content (AvgIpc) is 3.12. The molecule has 3 nitrogen and oxygen atoms in total. The maximum Gasteiger partial charge on any atom is 0.129 e. The molecule has 0 radical (unpaired) electrons. The van der Waals surface area contributed by atoms with Gasteiger partial charge in [0.2, 0.25) is 0 Å². The van der Waals surface area contributed by atoms with Crippen molar-refractivity contribution in [3.05, 3.63) is 69.7 Å². The summed E-state index contributed by atoms with van der Waals surface area (Å²) in [6.07, 6.45) is 3.52. The van der Waals surface area contributed by atoms with Crippen LogP contribution in [0.15, 0.2) is 36.4 Å². The van der Waals surface area contributed by atoms with E-state index in [0.29, 0.717) is 29.0 Å². The minimum atomic E-state index is -0.519. The highest BCUT2D eigenvalue weighted by Crippen LogP contribution is 2.15. The largest absolute Gasteiger partial charge is 0.306 e. The van der Waals surface area contributed by atoms with Crippen LogP contribution in [0.25, 0.3) is 0 Å². The first-order valence-corrected chi connectivity index (χ1v) is 10.8. The smallest absolute Gasteiger partial charge is 0.129 e. The Morgan fingerprint density at radius 3 is 2.23 bits per heavy atom. The summed E-state index contributed by atoms with van der Waals surface area (Å²) in [5, 5.41) is 9.00. The van der Waals surface area contributed by atoms with Crippen LogP contribution in [0.1, 0.15) is 50.3 Å². The van der Waals surface area contributed by atoms with Gasteiger partial charge in [-0.15, -0.1) is 0 Å². The molecule has 1 atom stereocenters. The number of nitriles is 1. The van der Waals surface area contributed by atoms with Crippen molar-refractivity contribution in [1.29, 1.82) is 5.26 Å². The Kier molecular flexibility index (Phi) is 15.2. The Hall–Kier alpha value is -2.29. The summed E-state index contributed by atoms with van der Waals surface area (Å²) in [5.74, 6) is -0.0257. The number of rotatable bonds is 2. The van der Waals surface area contributed by atoms with Gasteiger partial charge in [-0.05, 0) is 68.6 Å². The zero-order chi connectivity index (χ0) is 23.8. The Morgan fingerprint density at radius 2 is 1.87 bits per heavy atom. The van der Waals surface area contributed by atoms with Crippen LogP contribution in [0.3, 0.4) is 0 Å². The lowest BCUT2D eigenvalue weighted by atomic mass is 10.1. The summed E-state index contributed by atoms with van der Waals surface area (Å²) in [7, 11) is 2.18. The van der Waals surface area contributed by atoms with Crippen molar-refractivity contribution in [3.63, 3.8) is 0 Å². The Bertz CT molecular complexity index is 829. The number of aldehydes is 1. The van der Waals surface area contributed by atoms with E-state index in [4.69, 9.17) is 16.9 Å². The first kappa shape index (κ1) is 28.7. The molecule has 3 rings (SSSR count). The van der Waals surface area contributed by atoms with Gasteiger partial charge in [0.1, 0.15) is 24.0 Å². The molecule has 170 valence electrons. The predicted octanol–water partition coefficient (Wildman–Crippen LogP) is 6.60. The number of benzene rings is 2. The summed E-state index contributed by atoms with van der Waals surface area (Å²) in [4.78, 5) is 11.6. The molecule has 1 aliphatic heterocycles. The van der Waals surface area contributed by atoms with Crippen molar-refractivity contribution in [2.45, 2.75) is 47.0 Å². The quantitative estimate of drug-likeness (QED) is 0.484. The van der Waals surface area contributed by atoms with Gasteiger partial charge in [-0.1, -0.05) is 44.5 Å². The molecule has 0 bridgehead atoms. The van der Waals surface area contributed by atoms with Gasteiger partial charge in [-0.2, -0.15) is 5.26 Å². The maximum atomic E-state index is 12.6. The first-order valence-electron chi connectivity index (χ1n) is 10.4. The second kappa shape index (κ2) is 16.4. The van der Waals surface area contributed by atoms with Crippen molar-refractivity contribution < 1.29 is 13.6 Å². The third kappa shape index (κ3) is 12.9. The molecule has 2 aromatic carbocycles. The zero-order valence-electron chi connectivity index (χ0n) is 19.1. The van der Waals surface area contributed by atoms with Crippen molar-refractivity contribution in [2.75, 3.05) is 20.1 Å². The molecule has 0 amide bonds. The van der Waals surface area contributed by atoms with E-state index in [1.165, 1.54) is 31.6 Å². The van der Waals surface area contributed by atoms with Crippen LogP contribution in [-0.2, 0) is 11.2 Å². The summed E-state index contributed by atoms with van der Waals surface area (Å²) < 4.78 is 24.9. The molecular weight excluding hydrogens is 418 g/mol. The van der Waals surface area contributed by atoms with Crippen LogP contribution < -0.4 is 0 Å². The van der Waals surface area contributed by atoms with E-state index in [-0.39, 0.29) is 0 Å². The number of hydrogen-bond acceptors (Lipinski definition) is 3. The fourth-order valence-corrected chi connectivity index (χ4v) is 2.95. The maximum absolute atomic E-state index is 12.6. The molecule has 1 heterocycles. The van der Waals surface area contributed by atoms with E-state index in [2.05, 4.69) is 18.9 Å². The number of likely N-dealkylation sites (tertiary alicyclic amines) is 1. The first-order chi connectivity index (χ1) is 14.7. The van der Waals surface area contributed by atoms with E-state index in [9.17, 15) is 13.6 Å². The number of aryl methyl sites for hydroxylation is 2. The summed E-state index contributed by atoms with van der Waals surface area (Å²) in [6, 6.07) is 11.0. The highest BCUT2D eigenvalue weighted by Gasteiger charge is 2.13. The Balaban J connectivity index is 0.000000407. The number of carbonyl (C=O) groups excluding carboxylic acids is 1. The molecule has 1 aliphatic rings. The van der Waals surface area contributed by atoms with Crippen LogP contribution in [0.2, 0.25) is 5.02 Å². The van der Waals surface area contributed by atoms with E-state index in [0.717, 1.165) is 23.8 Å². The minimum Gasteiger partial charge on any atom is -0.306 e. The average molecular weight is 451 g/mol. The van der Waals surface area contributed by atoms with Gasteiger partial charge in [-0.25, -0.2) is 8.78 Å². The monoisotopic (exact) mass is 450 g/mol. The van der Waals surface area contributed by atoms with Crippen molar-refractivity contribution in [1.82, 2.24) is 4.90 Å². The molecule has 31 heavy (non-hydrogen) atoms. The number of halogens is 3. The van der Waals surface area contributed by atoms with E-state index in [1.54, 1.807) is 12.1 Å². The van der Waals surface area contributed by atoms with E-state index in [1.807, 2.05) is 32.9 Å². The van der Waals surface area contributed by atoms with Gasteiger partial charge in [0.05, 0.1) is 10.6 Å². The molecule has 1 unspecified atom stereocenters. The fourth-order valence-electron chi connectivity index (χ4n) is 2.67. The number of carbonyl (C=O) groups is 1. The van der Waals surface area contributed by atoms with Crippen LogP contribution in [0, 0.1) is 35.8 Å². The van der Waals surface area contributed by atoms with Crippen LogP contribution in [-0.4, -0.2) is 31.3 Å². The van der Waals surface area contributed by atoms with E-state index < -0.39 is 11.6 Å². The van der Waals surface area contributed by atoms with Crippen molar-refractivity contribution in [2.24, 2.45) is 5.92 Å². The predicted molar refractivity (Wildman–Crippen MR) is 124 cm³/mol. The molecular formula is C25H33ClF2N2O. The minimum absolute atomic E-state index is 0.456. The summed E-state index contributed by atoms with van der Waals surface area (Å²) in [6.45, 7) is 10.5. The number of nitrogens with zero attached hydrogens (tertiary/aromatic N) is 2. The zero-order valence-corrected chi connectivity index (χ0v) is 19.8. The molecule has 0 N–H and O–H groups in total. The Labute approximate surface area is 190 Å². The molecule has 6 heteroatoms. The van der Waals surface area contributed by atoms with Gasteiger partial charge in [-0.3, -0.25) is 0 Å².